The summed E-state index contributed by atoms with van der Waals surface area (Å²) < 4.78 is 0. The molecule has 7 nitrogen and oxygen atoms in total. The Kier molecular flexibility index (Phi) is 5.88. The molecule has 0 spiro atoms. The summed E-state index contributed by atoms with van der Waals surface area (Å²) in [7, 11) is 0. The summed E-state index contributed by atoms with van der Waals surface area (Å²) in [5.41, 5.74) is 3.61. The van der Waals surface area contributed by atoms with Crippen molar-refractivity contribution in [2.75, 3.05) is 26.2 Å². The fourth-order valence-corrected chi connectivity index (χ4v) is 4.01. The molecule has 30 heavy (non-hydrogen) atoms. The van der Waals surface area contributed by atoms with Gasteiger partial charge in [-0.15, -0.1) is 0 Å². The van der Waals surface area contributed by atoms with Crippen LogP contribution >= 0.6 is 0 Å². The molecule has 1 atom stereocenters. The van der Waals surface area contributed by atoms with Crippen molar-refractivity contribution in [1.29, 1.82) is 0 Å². The molecule has 1 aromatic carbocycles. The number of hydrogen-bond donors (Lipinski definition) is 1. The quantitative estimate of drug-likeness (QED) is 0.710. The molecule has 1 unspecified atom stereocenters. The summed E-state index contributed by atoms with van der Waals surface area (Å²) in [6, 6.07) is 13.7. The van der Waals surface area contributed by atoms with Crippen LogP contribution in [0.25, 0.3) is 11.1 Å². The van der Waals surface area contributed by atoms with Crippen LogP contribution in [0.5, 0.6) is 0 Å². The lowest BCUT2D eigenvalue weighted by molar-refractivity contribution is -0.134. The van der Waals surface area contributed by atoms with Gasteiger partial charge in [-0.1, -0.05) is 30.3 Å². The zero-order valence-electron chi connectivity index (χ0n) is 17.0. The number of nitrogens with zero attached hydrogens (tertiary/aromatic N) is 4. The first kappa shape index (κ1) is 19.8. The molecule has 4 rings (SSSR count). The first-order chi connectivity index (χ1) is 14.7. The molecule has 0 saturated carbocycles. The van der Waals surface area contributed by atoms with Crippen molar-refractivity contribution in [3.05, 3.63) is 72.3 Å². The molecule has 7 heteroatoms. The Morgan fingerprint density at radius 3 is 2.73 bits per heavy atom. The number of nitrogens with one attached hydrogen (secondary N) is 1. The number of likely N-dealkylation sites (N-methyl/N-ethyl adjacent to an activating group) is 1. The minimum Gasteiger partial charge on any atom is -0.341 e. The molecule has 154 valence electrons. The van der Waals surface area contributed by atoms with Crippen LogP contribution in [0.2, 0.25) is 0 Å². The molecule has 2 aromatic heterocycles. The zero-order chi connectivity index (χ0) is 20.9. The lowest BCUT2D eigenvalue weighted by atomic mass is 9.91. The molecule has 3 heterocycles. The van der Waals surface area contributed by atoms with Gasteiger partial charge in [0.2, 0.25) is 5.91 Å². The maximum atomic E-state index is 13.2. The molecule has 1 aliphatic rings. The second kappa shape index (κ2) is 8.90. The van der Waals surface area contributed by atoms with E-state index in [-0.39, 0.29) is 17.7 Å². The van der Waals surface area contributed by atoms with Crippen molar-refractivity contribution < 1.29 is 9.59 Å². The van der Waals surface area contributed by atoms with Gasteiger partial charge in [-0.05, 0) is 36.6 Å². The number of carbonyl (C=O) groups is 2. The van der Waals surface area contributed by atoms with Crippen LogP contribution in [0.4, 0.5) is 0 Å². The molecule has 1 fully saturated rings. The number of aromatic amines is 1. The number of aromatic nitrogens is 3. The number of H-pyrrole nitrogens is 1. The highest BCUT2D eigenvalue weighted by Crippen LogP contribution is 2.27. The van der Waals surface area contributed by atoms with Gasteiger partial charge in [0, 0.05) is 50.3 Å². The van der Waals surface area contributed by atoms with Gasteiger partial charge in [0.05, 0.1) is 5.92 Å². The second-order valence-electron chi connectivity index (χ2n) is 7.44. The highest BCUT2D eigenvalue weighted by molar-refractivity contribution is 5.93. The molecular formula is C23H25N5O2. The fraction of sp³-hybridized carbons (Fsp3) is 0.304. The Morgan fingerprint density at radius 1 is 1.13 bits per heavy atom. The number of carbonyl (C=O) groups excluding carboxylic acids is 2. The predicted octanol–water partition coefficient (Wildman–Crippen LogP) is 2.63. The van der Waals surface area contributed by atoms with E-state index in [9.17, 15) is 9.59 Å². The first-order valence-electron chi connectivity index (χ1n) is 10.2. The van der Waals surface area contributed by atoms with Crippen molar-refractivity contribution in [3.8, 4) is 11.1 Å². The van der Waals surface area contributed by atoms with Crippen LogP contribution in [0.15, 0.2) is 61.1 Å². The van der Waals surface area contributed by atoms with E-state index in [1.807, 2.05) is 42.3 Å². The number of hydrogen-bond acceptors (Lipinski definition) is 4. The van der Waals surface area contributed by atoms with E-state index in [1.165, 1.54) is 0 Å². The predicted molar refractivity (Wildman–Crippen MR) is 114 cm³/mol. The van der Waals surface area contributed by atoms with Crippen LogP contribution in [0, 0.1) is 5.92 Å². The van der Waals surface area contributed by atoms with Crippen LogP contribution in [-0.2, 0) is 11.2 Å². The van der Waals surface area contributed by atoms with Crippen LogP contribution in [-0.4, -0.2) is 63.0 Å². The standard InChI is InChI=1S/C23H25N5O2/c1-2-27-12-13-28(23(30)21-9-11-25-26-21)16-19(22(27)29)14-17-6-3-4-8-20(17)18-7-5-10-24-15-18/h3-11,15,19H,2,12-14,16H2,1H3,(H,25,26). The van der Waals surface area contributed by atoms with E-state index >= 15 is 0 Å². The molecule has 1 N–H and O–H groups in total. The molecule has 0 bridgehead atoms. The second-order valence-corrected chi connectivity index (χ2v) is 7.44. The Bertz CT molecular complexity index is 1000. The zero-order valence-corrected chi connectivity index (χ0v) is 17.0. The SMILES string of the molecule is CCN1CCN(C(=O)c2ccn[nH]2)CC(Cc2ccccc2-c2cccnc2)C1=O. The van der Waals surface area contributed by atoms with Gasteiger partial charge in [-0.2, -0.15) is 5.10 Å². The molecule has 1 saturated heterocycles. The third-order valence-electron chi connectivity index (χ3n) is 5.60. The fourth-order valence-electron chi connectivity index (χ4n) is 4.01. The van der Waals surface area contributed by atoms with Crippen molar-refractivity contribution in [1.82, 2.24) is 25.0 Å². The van der Waals surface area contributed by atoms with Crippen molar-refractivity contribution in [2.24, 2.45) is 5.92 Å². The molecule has 0 radical (unpaired) electrons. The average molecular weight is 403 g/mol. The van der Waals surface area contributed by atoms with Crippen LogP contribution in [0.1, 0.15) is 23.0 Å². The molecule has 1 aliphatic heterocycles. The summed E-state index contributed by atoms with van der Waals surface area (Å²) in [6.07, 6.45) is 5.71. The van der Waals surface area contributed by atoms with E-state index in [0.29, 0.717) is 38.3 Å². The van der Waals surface area contributed by atoms with E-state index < -0.39 is 0 Å². The Balaban J connectivity index is 1.63. The molecule has 3 aromatic rings. The topological polar surface area (TPSA) is 82.2 Å². The molecular weight excluding hydrogens is 378 g/mol. The number of pyridine rings is 1. The van der Waals surface area contributed by atoms with Crippen molar-refractivity contribution in [2.45, 2.75) is 13.3 Å². The summed E-state index contributed by atoms with van der Waals surface area (Å²) >= 11 is 0. The minimum absolute atomic E-state index is 0.0957. The van der Waals surface area contributed by atoms with Gasteiger partial charge in [-0.25, -0.2) is 0 Å². The van der Waals surface area contributed by atoms with Crippen molar-refractivity contribution >= 4 is 11.8 Å². The van der Waals surface area contributed by atoms with E-state index in [1.54, 1.807) is 23.4 Å². The Morgan fingerprint density at radius 2 is 2.00 bits per heavy atom. The maximum absolute atomic E-state index is 13.2. The lowest BCUT2D eigenvalue weighted by Crippen LogP contribution is -2.38. The molecule has 0 aliphatic carbocycles. The van der Waals surface area contributed by atoms with E-state index in [0.717, 1.165) is 16.7 Å². The smallest absolute Gasteiger partial charge is 0.271 e. The van der Waals surface area contributed by atoms with Crippen LogP contribution < -0.4 is 0 Å². The average Bonchev–Trinajstić information content (AvgIpc) is 3.28. The third kappa shape index (κ3) is 4.10. The maximum Gasteiger partial charge on any atom is 0.271 e. The molecule has 2 amide bonds. The summed E-state index contributed by atoms with van der Waals surface area (Å²) in [4.78, 5) is 34.0. The lowest BCUT2D eigenvalue weighted by Gasteiger charge is -2.24. The normalized spacial score (nSPS) is 17.1. The Hall–Kier alpha value is -3.48. The van der Waals surface area contributed by atoms with Gasteiger partial charge in [-0.3, -0.25) is 19.7 Å². The number of rotatable bonds is 5. The van der Waals surface area contributed by atoms with Crippen molar-refractivity contribution in [3.63, 3.8) is 0 Å². The Labute approximate surface area is 175 Å². The first-order valence-corrected chi connectivity index (χ1v) is 10.2. The van der Waals surface area contributed by atoms with E-state index in [4.69, 9.17) is 0 Å². The van der Waals surface area contributed by atoms with Gasteiger partial charge in [0.15, 0.2) is 0 Å². The summed E-state index contributed by atoms with van der Waals surface area (Å²) in [5.74, 6) is -0.334. The van der Waals surface area contributed by atoms with E-state index in [2.05, 4.69) is 27.3 Å². The largest absolute Gasteiger partial charge is 0.341 e. The monoisotopic (exact) mass is 403 g/mol. The third-order valence-corrected chi connectivity index (χ3v) is 5.60. The minimum atomic E-state index is -0.308. The highest BCUT2D eigenvalue weighted by Gasteiger charge is 2.32. The number of benzene rings is 1. The highest BCUT2D eigenvalue weighted by atomic mass is 16.2. The van der Waals surface area contributed by atoms with Crippen LogP contribution in [0.3, 0.4) is 0 Å². The number of amides is 2. The van der Waals surface area contributed by atoms with Gasteiger partial charge in [0.25, 0.3) is 5.91 Å². The van der Waals surface area contributed by atoms with Gasteiger partial charge >= 0.3 is 0 Å². The van der Waals surface area contributed by atoms with Gasteiger partial charge < -0.3 is 9.80 Å². The summed E-state index contributed by atoms with van der Waals surface area (Å²) in [5, 5.41) is 6.62. The summed E-state index contributed by atoms with van der Waals surface area (Å²) in [6.45, 7) is 4.04. The van der Waals surface area contributed by atoms with Gasteiger partial charge in [0.1, 0.15) is 5.69 Å².